The van der Waals surface area contributed by atoms with Crippen LogP contribution in [0.15, 0.2) is 51.7 Å². The van der Waals surface area contributed by atoms with Gasteiger partial charge in [0.05, 0.1) is 17.0 Å². The van der Waals surface area contributed by atoms with Gasteiger partial charge in [0.2, 0.25) is 11.7 Å². The van der Waals surface area contributed by atoms with Crippen LogP contribution >= 0.6 is 22.7 Å². The van der Waals surface area contributed by atoms with Crippen LogP contribution in [0.25, 0.3) is 21.3 Å². The van der Waals surface area contributed by atoms with E-state index < -0.39 is 0 Å². The van der Waals surface area contributed by atoms with Crippen molar-refractivity contribution in [3.8, 4) is 21.3 Å². The molecule has 0 bridgehead atoms. The minimum Gasteiger partial charge on any atom is -0.459 e. The lowest BCUT2D eigenvalue weighted by Gasteiger charge is -2.01. The van der Waals surface area contributed by atoms with Crippen LogP contribution in [-0.4, -0.2) is 21.1 Å². The van der Waals surface area contributed by atoms with E-state index in [0.717, 1.165) is 26.7 Å². The number of thiazole rings is 1. The third-order valence-electron chi connectivity index (χ3n) is 3.99. The minimum absolute atomic E-state index is 0.166. The fraction of sp³-hybridized carbons (Fsp3) is 0.200. The van der Waals surface area contributed by atoms with E-state index in [1.54, 1.807) is 22.7 Å². The Labute approximate surface area is 169 Å². The van der Waals surface area contributed by atoms with Gasteiger partial charge in [0.1, 0.15) is 11.6 Å². The number of aromatic nitrogens is 3. The lowest BCUT2D eigenvalue weighted by atomic mass is 10.1. The number of ether oxygens (including phenoxy) is 1. The van der Waals surface area contributed by atoms with Crippen LogP contribution in [0.1, 0.15) is 23.6 Å². The molecule has 8 heteroatoms. The van der Waals surface area contributed by atoms with Crippen molar-refractivity contribution in [2.45, 2.75) is 26.4 Å². The predicted octanol–water partition coefficient (Wildman–Crippen LogP) is 4.91. The monoisotopic (exact) mass is 411 g/mol. The van der Waals surface area contributed by atoms with Crippen molar-refractivity contribution < 1.29 is 14.1 Å². The third-order valence-corrected chi connectivity index (χ3v) is 5.92. The second-order valence-electron chi connectivity index (χ2n) is 6.16. The Morgan fingerprint density at radius 3 is 2.79 bits per heavy atom. The van der Waals surface area contributed by atoms with Gasteiger partial charge in [-0.15, -0.1) is 22.7 Å². The molecule has 4 aromatic rings. The molecule has 6 nitrogen and oxygen atoms in total. The Morgan fingerprint density at radius 1 is 1.14 bits per heavy atom. The van der Waals surface area contributed by atoms with Gasteiger partial charge in [0.15, 0.2) is 0 Å². The fourth-order valence-corrected chi connectivity index (χ4v) is 4.12. The van der Waals surface area contributed by atoms with E-state index in [-0.39, 0.29) is 19.0 Å². The lowest BCUT2D eigenvalue weighted by Crippen LogP contribution is -2.06. The molecule has 28 heavy (non-hydrogen) atoms. The largest absolute Gasteiger partial charge is 0.459 e. The van der Waals surface area contributed by atoms with Crippen LogP contribution < -0.4 is 0 Å². The van der Waals surface area contributed by atoms with Crippen LogP contribution in [0, 0.1) is 6.92 Å². The highest BCUT2D eigenvalue weighted by Crippen LogP contribution is 2.28. The highest BCUT2D eigenvalue weighted by atomic mass is 32.1. The maximum atomic E-state index is 12.0. The molecule has 0 radical (unpaired) electrons. The van der Waals surface area contributed by atoms with Crippen LogP contribution in [0.4, 0.5) is 0 Å². The van der Waals surface area contributed by atoms with Crippen molar-refractivity contribution in [1.29, 1.82) is 0 Å². The molecule has 0 aliphatic heterocycles. The Hall–Kier alpha value is -2.84. The standard InChI is InChI=1S/C20H17N3O3S2/c1-13-4-6-14(7-5-13)19-22-17(26-23-19)8-9-18(24)25-11-15-12-28-20(21-15)16-3-2-10-27-16/h2-7,10,12H,8-9,11H2,1H3. The first-order valence-electron chi connectivity index (χ1n) is 8.71. The van der Waals surface area contributed by atoms with Gasteiger partial charge in [0.25, 0.3) is 0 Å². The van der Waals surface area contributed by atoms with Crippen molar-refractivity contribution in [2.75, 3.05) is 0 Å². The quantitative estimate of drug-likeness (QED) is 0.402. The molecule has 0 saturated heterocycles. The molecule has 3 aromatic heterocycles. The zero-order valence-corrected chi connectivity index (χ0v) is 16.8. The average Bonchev–Trinajstić information content (AvgIpc) is 3.46. The Balaban J connectivity index is 1.26. The van der Waals surface area contributed by atoms with Gasteiger partial charge >= 0.3 is 5.97 Å². The molecule has 0 aliphatic carbocycles. The lowest BCUT2D eigenvalue weighted by molar-refractivity contribution is -0.145. The summed E-state index contributed by atoms with van der Waals surface area (Å²) in [5.74, 6) is 0.619. The Morgan fingerprint density at radius 2 is 2.00 bits per heavy atom. The van der Waals surface area contributed by atoms with E-state index in [1.165, 1.54) is 0 Å². The third kappa shape index (κ3) is 4.52. The molecule has 0 atom stereocenters. The summed E-state index contributed by atoms with van der Waals surface area (Å²) in [5, 5.41) is 8.83. The molecule has 1 aromatic carbocycles. The number of benzene rings is 1. The summed E-state index contributed by atoms with van der Waals surface area (Å²) in [6.45, 7) is 2.19. The number of carbonyl (C=O) groups is 1. The first-order valence-corrected chi connectivity index (χ1v) is 10.5. The highest BCUT2D eigenvalue weighted by Gasteiger charge is 2.12. The van der Waals surface area contributed by atoms with Gasteiger partial charge in [-0.05, 0) is 18.4 Å². The topological polar surface area (TPSA) is 78.1 Å². The second kappa shape index (κ2) is 8.45. The predicted molar refractivity (Wildman–Crippen MR) is 108 cm³/mol. The maximum Gasteiger partial charge on any atom is 0.306 e. The van der Waals surface area contributed by atoms with Crippen LogP contribution in [0.5, 0.6) is 0 Å². The number of esters is 1. The maximum absolute atomic E-state index is 12.0. The smallest absolute Gasteiger partial charge is 0.306 e. The summed E-state index contributed by atoms with van der Waals surface area (Å²) in [6, 6.07) is 11.9. The van der Waals surface area contributed by atoms with Gasteiger partial charge in [-0.25, -0.2) is 4.98 Å². The molecular formula is C20H17N3O3S2. The van der Waals surface area contributed by atoms with Gasteiger partial charge in [0, 0.05) is 17.4 Å². The molecule has 0 fully saturated rings. The van der Waals surface area contributed by atoms with Crippen molar-refractivity contribution in [3.05, 3.63) is 64.3 Å². The van der Waals surface area contributed by atoms with E-state index in [9.17, 15) is 4.79 Å². The number of hydrogen-bond donors (Lipinski definition) is 0. The van der Waals surface area contributed by atoms with Crippen LogP contribution in [-0.2, 0) is 22.6 Å². The summed E-state index contributed by atoms with van der Waals surface area (Å²) < 4.78 is 10.5. The molecule has 4 rings (SSSR count). The van der Waals surface area contributed by atoms with Gasteiger partial charge in [-0.2, -0.15) is 4.98 Å². The van der Waals surface area contributed by atoms with Gasteiger partial charge < -0.3 is 9.26 Å². The van der Waals surface area contributed by atoms with Crippen LogP contribution in [0.2, 0.25) is 0 Å². The second-order valence-corrected chi connectivity index (χ2v) is 7.97. The molecule has 0 amide bonds. The molecule has 0 saturated carbocycles. The molecule has 0 spiro atoms. The summed E-state index contributed by atoms with van der Waals surface area (Å²) in [7, 11) is 0. The van der Waals surface area contributed by atoms with Crippen LogP contribution in [0.3, 0.4) is 0 Å². The summed E-state index contributed by atoms with van der Waals surface area (Å²) in [6.07, 6.45) is 0.520. The van der Waals surface area contributed by atoms with Crippen molar-refractivity contribution in [1.82, 2.24) is 15.1 Å². The number of hydrogen-bond acceptors (Lipinski definition) is 8. The van der Waals surface area contributed by atoms with E-state index >= 15 is 0 Å². The molecule has 142 valence electrons. The molecule has 0 unspecified atom stereocenters. The SMILES string of the molecule is Cc1ccc(-c2noc(CCC(=O)OCc3csc(-c4cccs4)n3)n2)cc1. The van der Waals surface area contributed by atoms with Gasteiger partial charge in [-0.1, -0.05) is 41.1 Å². The summed E-state index contributed by atoms with van der Waals surface area (Å²) in [4.78, 5) is 22.0. The minimum atomic E-state index is -0.319. The van der Waals surface area contributed by atoms with Gasteiger partial charge in [-0.3, -0.25) is 4.79 Å². The van der Waals surface area contributed by atoms with E-state index in [1.807, 2.05) is 54.1 Å². The summed E-state index contributed by atoms with van der Waals surface area (Å²) >= 11 is 3.18. The number of nitrogens with zero attached hydrogens (tertiary/aromatic N) is 3. The van der Waals surface area contributed by atoms with E-state index in [0.29, 0.717) is 18.1 Å². The number of thiophene rings is 1. The van der Waals surface area contributed by atoms with Crippen molar-refractivity contribution in [3.63, 3.8) is 0 Å². The van der Waals surface area contributed by atoms with E-state index in [4.69, 9.17) is 9.26 Å². The Kier molecular flexibility index (Phi) is 5.59. The molecular weight excluding hydrogens is 394 g/mol. The molecule has 0 N–H and O–H groups in total. The summed E-state index contributed by atoms with van der Waals surface area (Å²) in [5.41, 5.74) is 2.80. The normalized spacial score (nSPS) is 10.9. The Bertz CT molecular complexity index is 1050. The number of rotatable bonds is 7. The fourth-order valence-electron chi connectivity index (χ4n) is 2.50. The zero-order valence-electron chi connectivity index (χ0n) is 15.1. The first-order chi connectivity index (χ1) is 13.7. The zero-order chi connectivity index (χ0) is 19.3. The number of carbonyl (C=O) groups excluding carboxylic acids is 1. The van der Waals surface area contributed by atoms with Crippen molar-refractivity contribution in [2.24, 2.45) is 0 Å². The highest BCUT2D eigenvalue weighted by molar-refractivity contribution is 7.20. The first kappa shape index (κ1) is 18.5. The van der Waals surface area contributed by atoms with E-state index in [2.05, 4.69) is 15.1 Å². The average molecular weight is 412 g/mol. The molecule has 3 heterocycles. The van der Waals surface area contributed by atoms with Crippen molar-refractivity contribution >= 4 is 28.6 Å². The molecule has 0 aliphatic rings. The number of aryl methyl sites for hydroxylation is 2.